The minimum absolute atomic E-state index is 0.372. The second kappa shape index (κ2) is 5.89. The smallest absolute Gasteiger partial charge is 0.0320 e. The molecule has 0 heterocycles. The lowest BCUT2D eigenvalue weighted by atomic mass is 10.0. The van der Waals surface area contributed by atoms with Gasteiger partial charge in [-0.3, -0.25) is 0 Å². The molecule has 0 radical (unpaired) electrons. The molecule has 2 heteroatoms. The van der Waals surface area contributed by atoms with Crippen molar-refractivity contribution in [2.75, 3.05) is 6.54 Å². The van der Waals surface area contributed by atoms with Crippen LogP contribution in [0.1, 0.15) is 37.4 Å². The molecule has 3 N–H and O–H groups in total. The number of benzene rings is 1. The van der Waals surface area contributed by atoms with Crippen LogP contribution in [0.4, 0.5) is 0 Å². The van der Waals surface area contributed by atoms with E-state index < -0.39 is 0 Å². The maximum Gasteiger partial charge on any atom is 0.0320 e. The summed E-state index contributed by atoms with van der Waals surface area (Å²) in [6, 6.07) is 9.50. The van der Waals surface area contributed by atoms with E-state index in [-0.39, 0.29) is 0 Å². The predicted molar refractivity (Wildman–Crippen MR) is 65.9 cm³/mol. The quantitative estimate of drug-likeness (QED) is 0.776. The van der Waals surface area contributed by atoms with Crippen molar-refractivity contribution in [1.29, 1.82) is 0 Å². The van der Waals surface area contributed by atoms with E-state index >= 15 is 0 Å². The largest absolute Gasteiger partial charge is 0.329 e. The van der Waals surface area contributed by atoms with Gasteiger partial charge in [-0.15, -0.1) is 0 Å². The Morgan fingerprint density at radius 3 is 2.33 bits per heavy atom. The fourth-order valence-electron chi connectivity index (χ4n) is 1.66. The number of hydrogen-bond acceptors (Lipinski definition) is 2. The molecule has 0 aromatic heterocycles. The molecule has 1 aromatic rings. The molecule has 84 valence electrons. The van der Waals surface area contributed by atoms with Crippen molar-refractivity contribution in [2.45, 2.75) is 39.3 Å². The molecule has 0 spiro atoms. The third-order valence-corrected chi connectivity index (χ3v) is 2.73. The van der Waals surface area contributed by atoms with E-state index in [2.05, 4.69) is 50.4 Å². The highest BCUT2D eigenvalue weighted by Gasteiger charge is 2.10. The highest BCUT2D eigenvalue weighted by atomic mass is 15.0. The number of hydrogen-bond donors (Lipinski definition) is 2. The Morgan fingerprint density at radius 2 is 1.87 bits per heavy atom. The highest BCUT2D eigenvalue weighted by molar-refractivity contribution is 5.24. The van der Waals surface area contributed by atoms with E-state index in [4.69, 9.17) is 5.73 Å². The molecule has 0 aliphatic carbocycles. The minimum atomic E-state index is 0.372. The first kappa shape index (κ1) is 12.2. The fraction of sp³-hybridized carbons (Fsp3) is 0.538. The lowest BCUT2D eigenvalue weighted by Crippen LogP contribution is -2.35. The number of rotatable bonds is 5. The van der Waals surface area contributed by atoms with Crippen LogP contribution in [0.25, 0.3) is 0 Å². The van der Waals surface area contributed by atoms with E-state index in [0.29, 0.717) is 18.6 Å². The first-order valence-electron chi connectivity index (χ1n) is 5.70. The lowest BCUT2D eigenvalue weighted by Gasteiger charge is -2.21. The average Bonchev–Trinajstić information content (AvgIpc) is 2.27. The number of aryl methyl sites for hydroxylation is 1. The van der Waals surface area contributed by atoms with Gasteiger partial charge in [0, 0.05) is 18.6 Å². The summed E-state index contributed by atoms with van der Waals surface area (Å²) in [5.74, 6) is 0. The van der Waals surface area contributed by atoms with Gasteiger partial charge in [-0.25, -0.2) is 0 Å². The lowest BCUT2D eigenvalue weighted by molar-refractivity contribution is 0.450. The van der Waals surface area contributed by atoms with E-state index in [0.717, 1.165) is 6.42 Å². The molecule has 0 aliphatic rings. The van der Waals surface area contributed by atoms with Gasteiger partial charge >= 0.3 is 0 Å². The van der Waals surface area contributed by atoms with Gasteiger partial charge in [-0.05, 0) is 25.8 Å². The first-order chi connectivity index (χ1) is 7.17. The van der Waals surface area contributed by atoms with E-state index in [1.807, 2.05) is 0 Å². The summed E-state index contributed by atoms with van der Waals surface area (Å²) < 4.78 is 0. The summed E-state index contributed by atoms with van der Waals surface area (Å²) in [4.78, 5) is 0. The average molecular weight is 206 g/mol. The summed E-state index contributed by atoms with van der Waals surface area (Å²) >= 11 is 0. The zero-order chi connectivity index (χ0) is 11.3. The van der Waals surface area contributed by atoms with Crippen molar-refractivity contribution >= 4 is 0 Å². The Bertz CT molecular complexity index is 279. The molecule has 0 fully saturated rings. The summed E-state index contributed by atoms with van der Waals surface area (Å²) in [5.41, 5.74) is 8.27. The van der Waals surface area contributed by atoms with Crippen LogP contribution in [-0.2, 0) is 0 Å². The predicted octanol–water partition coefficient (Wildman–Crippen LogP) is 2.38. The van der Waals surface area contributed by atoms with E-state index in [9.17, 15) is 0 Å². The second-order valence-corrected chi connectivity index (χ2v) is 4.17. The third kappa shape index (κ3) is 3.65. The van der Waals surface area contributed by atoms with Gasteiger partial charge in [-0.2, -0.15) is 0 Å². The van der Waals surface area contributed by atoms with Crippen molar-refractivity contribution < 1.29 is 0 Å². The van der Waals surface area contributed by atoms with Crippen LogP contribution in [0.2, 0.25) is 0 Å². The second-order valence-electron chi connectivity index (χ2n) is 4.17. The molecule has 0 amide bonds. The first-order valence-corrected chi connectivity index (χ1v) is 5.70. The summed E-state index contributed by atoms with van der Waals surface area (Å²) in [7, 11) is 0. The van der Waals surface area contributed by atoms with Crippen molar-refractivity contribution in [3.63, 3.8) is 0 Å². The van der Waals surface area contributed by atoms with Crippen LogP contribution in [-0.4, -0.2) is 12.6 Å². The molecular formula is C13H22N2. The topological polar surface area (TPSA) is 38.0 Å². The van der Waals surface area contributed by atoms with E-state index in [1.54, 1.807) is 0 Å². The summed E-state index contributed by atoms with van der Waals surface area (Å²) in [6.07, 6.45) is 1.09. The normalized spacial score (nSPS) is 14.9. The number of nitrogens with two attached hydrogens (primary N) is 1. The molecule has 1 aromatic carbocycles. The molecular weight excluding hydrogens is 184 g/mol. The van der Waals surface area contributed by atoms with Gasteiger partial charge in [0.25, 0.3) is 0 Å². The van der Waals surface area contributed by atoms with Crippen molar-refractivity contribution in [3.8, 4) is 0 Å². The van der Waals surface area contributed by atoms with Crippen LogP contribution in [0.3, 0.4) is 0 Å². The minimum Gasteiger partial charge on any atom is -0.329 e. The SMILES string of the molecule is CCC(NC(C)CN)c1ccc(C)cc1. The maximum atomic E-state index is 5.61. The van der Waals surface area contributed by atoms with Crippen molar-refractivity contribution in [2.24, 2.45) is 5.73 Å². The van der Waals surface area contributed by atoms with Crippen LogP contribution < -0.4 is 11.1 Å². The highest BCUT2D eigenvalue weighted by Crippen LogP contribution is 2.17. The summed E-state index contributed by atoms with van der Waals surface area (Å²) in [5, 5.41) is 3.53. The molecule has 0 aliphatic heterocycles. The Hall–Kier alpha value is -0.860. The van der Waals surface area contributed by atoms with Crippen LogP contribution in [0.15, 0.2) is 24.3 Å². The monoisotopic (exact) mass is 206 g/mol. The molecule has 0 saturated heterocycles. The zero-order valence-corrected chi connectivity index (χ0v) is 9.96. The van der Waals surface area contributed by atoms with Gasteiger partial charge in [0.05, 0.1) is 0 Å². The molecule has 0 bridgehead atoms. The van der Waals surface area contributed by atoms with Gasteiger partial charge in [0.1, 0.15) is 0 Å². The fourth-order valence-corrected chi connectivity index (χ4v) is 1.66. The molecule has 2 atom stereocenters. The third-order valence-electron chi connectivity index (χ3n) is 2.73. The van der Waals surface area contributed by atoms with Gasteiger partial charge < -0.3 is 11.1 Å². The van der Waals surface area contributed by atoms with Crippen LogP contribution >= 0.6 is 0 Å². The van der Waals surface area contributed by atoms with Gasteiger partial charge in [-0.1, -0.05) is 36.8 Å². The standard InChI is InChI=1S/C13H22N2/c1-4-13(15-11(3)9-14)12-7-5-10(2)6-8-12/h5-8,11,13,15H,4,9,14H2,1-3H3. The Kier molecular flexibility index (Phi) is 4.79. The molecule has 2 unspecified atom stereocenters. The Balaban J connectivity index is 2.69. The molecule has 0 saturated carbocycles. The zero-order valence-electron chi connectivity index (χ0n) is 9.96. The number of nitrogens with one attached hydrogen (secondary N) is 1. The van der Waals surface area contributed by atoms with Gasteiger partial charge in [0.15, 0.2) is 0 Å². The van der Waals surface area contributed by atoms with Crippen molar-refractivity contribution in [1.82, 2.24) is 5.32 Å². The maximum absolute atomic E-state index is 5.61. The van der Waals surface area contributed by atoms with E-state index in [1.165, 1.54) is 11.1 Å². The van der Waals surface area contributed by atoms with Crippen LogP contribution in [0, 0.1) is 6.92 Å². The van der Waals surface area contributed by atoms with Gasteiger partial charge in [0.2, 0.25) is 0 Å². The Morgan fingerprint density at radius 1 is 1.27 bits per heavy atom. The Labute approximate surface area is 92.9 Å². The van der Waals surface area contributed by atoms with Crippen LogP contribution in [0.5, 0.6) is 0 Å². The molecule has 1 rings (SSSR count). The van der Waals surface area contributed by atoms with Crippen molar-refractivity contribution in [3.05, 3.63) is 35.4 Å². The molecule has 2 nitrogen and oxygen atoms in total. The summed E-state index contributed by atoms with van der Waals surface area (Å²) in [6.45, 7) is 7.11. The molecule has 15 heavy (non-hydrogen) atoms.